The first-order valence-corrected chi connectivity index (χ1v) is 8.38. The average molecular weight is 306 g/mol. The Morgan fingerprint density at radius 1 is 1.33 bits per heavy atom. The second kappa shape index (κ2) is 6.15. The van der Waals surface area contributed by atoms with Crippen LogP contribution in [-0.2, 0) is 11.2 Å². The standard InChI is InChI=1S/C15H22N4OS/c1-4-11-8-12-13(17-9-6-10(7-9)20-3)18-15(16-5-2)19-14(12)21-11/h8-10H,4-7H2,1-3H3,(H2,16,17,18,19). The number of aromatic nitrogens is 2. The van der Waals surface area contributed by atoms with Gasteiger partial charge in [0.05, 0.1) is 11.5 Å². The third-order valence-corrected chi connectivity index (χ3v) is 5.07. The predicted molar refractivity (Wildman–Crippen MR) is 88.4 cm³/mol. The normalized spacial score (nSPS) is 21.3. The summed E-state index contributed by atoms with van der Waals surface area (Å²) in [5.74, 6) is 1.66. The molecule has 1 saturated carbocycles. The third-order valence-electron chi connectivity index (χ3n) is 3.90. The fourth-order valence-electron chi connectivity index (χ4n) is 2.56. The van der Waals surface area contributed by atoms with E-state index in [2.05, 4.69) is 40.5 Å². The van der Waals surface area contributed by atoms with Crippen molar-refractivity contribution in [2.75, 3.05) is 24.3 Å². The first-order valence-electron chi connectivity index (χ1n) is 7.57. The molecule has 1 aliphatic carbocycles. The van der Waals surface area contributed by atoms with Gasteiger partial charge in [-0.15, -0.1) is 11.3 Å². The fraction of sp³-hybridized carbons (Fsp3) is 0.600. The highest BCUT2D eigenvalue weighted by atomic mass is 32.1. The molecule has 1 aliphatic rings. The maximum absolute atomic E-state index is 5.34. The highest BCUT2D eigenvalue weighted by molar-refractivity contribution is 7.18. The molecule has 0 atom stereocenters. The molecule has 0 bridgehead atoms. The monoisotopic (exact) mass is 306 g/mol. The Balaban J connectivity index is 1.88. The van der Waals surface area contributed by atoms with Crippen molar-refractivity contribution in [1.29, 1.82) is 0 Å². The van der Waals surface area contributed by atoms with Gasteiger partial charge in [0.15, 0.2) is 0 Å². The molecule has 0 saturated heterocycles. The van der Waals surface area contributed by atoms with Crippen molar-refractivity contribution in [2.45, 2.75) is 45.3 Å². The third kappa shape index (κ3) is 2.96. The molecule has 21 heavy (non-hydrogen) atoms. The highest BCUT2D eigenvalue weighted by Crippen LogP contribution is 2.33. The lowest BCUT2D eigenvalue weighted by atomic mass is 9.89. The number of thiophene rings is 1. The number of ether oxygens (including phenoxy) is 1. The maximum atomic E-state index is 5.34. The molecule has 2 aromatic rings. The zero-order valence-corrected chi connectivity index (χ0v) is 13.6. The summed E-state index contributed by atoms with van der Waals surface area (Å²) >= 11 is 1.75. The Morgan fingerprint density at radius 3 is 2.81 bits per heavy atom. The van der Waals surface area contributed by atoms with E-state index in [1.54, 1.807) is 18.4 Å². The van der Waals surface area contributed by atoms with Crippen molar-refractivity contribution in [2.24, 2.45) is 0 Å². The van der Waals surface area contributed by atoms with Gasteiger partial charge in [0.1, 0.15) is 10.6 Å². The van der Waals surface area contributed by atoms with Crippen LogP contribution in [0.15, 0.2) is 6.07 Å². The minimum Gasteiger partial charge on any atom is -0.381 e. The van der Waals surface area contributed by atoms with Crippen LogP contribution >= 0.6 is 11.3 Å². The SMILES string of the molecule is CCNc1nc(NC2CC(OC)C2)c2cc(CC)sc2n1. The number of aryl methyl sites for hydroxylation is 1. The van der Waals surface area contributed by atoms with Crippen molar-refractivity contribution in [3.05, 3.63) is 10.9 Å². The van der Waals surface area contributed by atoms with Gasteiger partial charge in [0, 0.05) is 24.6 Å². The molecule has 0 aromatic carbocycles. The Kier molecular flexibility index (Phi) is 4.26. The topological polar surface area (TPSA) is 59.1 Å². The molecule has 0 radical (unpaired) electrons. The molecule has 1 fully saturated rings. The zero-order chi connectivity index (χ0) is 14.8. The van der Waals surface area contributed by atoms with E-state index in [9.17, 15) is 0 Å². The number of anilines is 2. The number of fused-ring (bicyclic) bond motifs is 1. The summed E-state index contributed by atoms with van der Waals surface area (Å²) in [7, 11) is 1.78. The van der Waals surface area contributed by atoms with Crippen molar-refractivity contribution in [1.82, 2.24) is 9.97 Å². The molecule has 0 spiro atoms. The van der Waals surface area contributed by atoms with Crippen LogP contribution in [0.2, 0.25) is 0 Å². The second-order valence-corrected chi connectivity index (χ2v) is 6.50. The van der Waals surface area contributed by atoms with Crippen molar-refractivity contribution in [3.63, 3.8) is 0 Å². The first kappa shape index (κ1) is 14.5. The van der Waals surface area contributed by atoms with Crippen LogP contribution in [0.25, 0.3) is 10.2 Å². The van der Waals surface area contributed by atoms with E-state index in [-0.39, 0.29) is 0 Å². The largest absolute Gasteiger partial charge is 0.381 e. The lowest BCUT2D eigenvalue weighted by Crippen LogP contribution is -2.40. The molecule has 2 heterocycles. The number of nitrogens with zero attached hydrogens (tertiary/aromatic N) is 2. The Labute approximate surface area is 129 Å². The summed E-state index contributed by atoms with van der Waals surface area (Å²) in [4.78, 5) is 11.7. The highest BCUT2D eigenvalue weighted by Gasteiger charge is 2.29. The van der Waals surface area contributed by atoms with Crippen molar-refractivity contribution >= 4 is 33.3 Å². The van der Waals surface area contributed by atoms with Gasteiger partial charge in [-0.2, -0.15) is 4.98 Å². The van der Waals surface area contributed by atoms with Crippen LogP contribution in [0.4, 0.5) is 11.8 Å². The van der Waals surface area contributed by atoms with Gasteiger partial charge in [0.25, 0.3) is 0 Å². The summed E-state index contributed by atoms with van der Waals surface area (Å²) in [6.45, 7) is 5.05. The smallest absolute Gasteiger partial charge is 0.226 e. The summed E-state index contributed by atoms with van der Waals surface area (Å²) in [6.07, 6.45) is 3.51. The minimum absolute atomic E-state index is 0.391. The van der Waals surface area contributed by atoms with E-state index < -0.39 is 0 Å². The number of hydrogen-bond acceptors (Lipinski definition) is 6. The van der Waals surface area contributed by atoms with Crippen LogP contribution in [0.3, 0.4) is 0 Å². The molecule has 2 N–H and O–H groups in total. The number of rotatable bonds is 6. The minimum atomic E-state index is 0.391. The lowest BCUT2D eigenvalue weighted by molar-refractivity contribution is 0.0328. The molecular formula is C15H22N4OS. The van der Waals surface area contributed by atoms with E-state index in [1.165, 1.54) is 4.88 Å². The lowest BCUT2D eigenvalue weighted by Gasteiger charge is -2.35. The van der Waals surface area contributed by atoms with Gasteiger partial charge in [-0.05, 0) is 32.3 Å². The zero-order valence-electron chi connectivity index (χ0n) is 12.8. The van der Waals surface area contributed by atoms with Crippen LogP contribution in [-0.4, -0.2) is 35.8 Å². The van der Waals surface area contributed by atoms with Crippen LogP contribution < -0.4 is 10.6 Å². The fourth-order valence-corrected chi connectivity index (χ4v) is 3.53. The summed E-state index contributed by atoms with van der Waals surface area (Å²) in [5, 5.41) is 7.91. The first-order chi connectivity index (χ1) is 10.2. The van der Waals surface area contributed by atoms with Gasteiger partial charge in [-0.25, -0.2) is 4.98 Å². The van der Waals surface area contributed by atoms with Crippen LogP contribution in [0.1, 0.15) is 31.6 Å². The molecular weight excluding hydrogens is 284 g/mol. The summed E-state index contributed by atoms with van der Waals surface area (Å²) < 4.78 is 5.34. The van der Waals surface area contributed by atoms with E-state index in [1.807, 2.05) is 0 Å². The molecule has 0 unspecified atom stereocenters. The van der Waals surface area contributed by atoms with Crippen molar-refractivity contribution in [3.8, 4) is 0 Å². The molecule has 114 valence electrons. The molecule has 6 heteroatoms. The summed E-state index contributed by atoms with van der Waals surface area (Å²) in [6, 6.07) is 2.66. The van der Waals surface area contributed by atoms with Gasteiger partial charge in [-0.1, -0.05) is 6.92 Å². The Hall–Kier alpha value is -1.40. The van der Waals surface area contributed by atoms with E-state index in [4.69, 9.17) is 4.74 Å². The van der Waals surface area contributed by atoms with Crippen LogP contribution in [0.5, 0.6) is 0 Å². The molecule has 0 aliphatic heterocycles. The van der Waals surface area contributed by atoms with Gasteiger partial charge in [0.2, 0.25) is 5.95 Å². The van der Waals surface area contributed by atoms with E-state index in [0.29, 0.717) is 18.1 Å². The quantitative estimate of drug-likeness (QED) is 0.857. The van der Waals surface area contributed by atoms with Gasteiger partial charge in [-0.3, -0.25) is 0 Å². The maximum Gasteiger partial charge on any atom is 0.226 e. The molecule has 0 amide bonds. The Morgan fingerprint density at radius 2 is 2.14 bits per heavy atom. The molecule has 5 nitrogen and oxygen atoms in total. The van der Waals surface area contributed by atoms with Gasteiger partial charge >= 0.3 is 0 Å². The van der Waals surface area contributed by atoms with Crippen molar-refractivity contribution < 1.29 is 4.74 Å². The number of methoxy groups -OCH3 is 1. The average Bonchev–Trinajstić information content (AvgIpc) is 2.85. The van der Waals surface area contributed by atoms with Crippen LogP contribution in [0, 0.1) is 0 Å². The Bertz CT molecular complexity index is 621. The second-order valence-electron chi connectivity index (χ2n) is 5.38. The molecule has 3 rings (SSSR count). The number of hydrogen-bond donors (Lipinski definition) is 2. The van der Waals surface area contributed by atoms with E-state index in [0.717, 1.165) is 41.8 Å². The van der Waals surface area contributed by atoms with Gasteiger partial charge < -0.3 is 15.4 Å². The number of nitrogens with one attached hydrogen (secondary N) is 2. The predicted octanol–water partition coefficient (Wildman–Crippen LogP) is 3.27. The molecule has 2 aromatic heterocycles. The summed E-state index contributed by atoms with van der Waals surface area (Å²) in [5.41, 5.74) is 0. The van der Waals surface area contributed by atoms with E-state index >= 15 is 0 Å².